The first kappa shape index (κ1) is 19.4. The maximum atomic E-state index is 12.7. The first-order valence-electron chi connectivity index (χ1n) is 7.70. The Kier molecular flexibility index (Phi) is 5.34. The number of ether oxygens (including phenoxy) is 1. The average molecular weight is 367 g/mol. The number of Topliss-reactive ketones (excluding diaryl/α,β-unsaturated/α-hetero) is 1. The predicted molar refractivity (Wildman–Crippen MR) is 87.7 cm³/mol. The molecule has 138 valence electrons. The fourth-order valence-electron chi connectivity index (χ4n) is 2.53. The van der Waals surface area contributed by atoms with Crippen molar-refractivity contribution in [1.82, 2.24) is 4.57 Å². The summed E-state index contributed by atoms with van der Waals surface area (Å²) in [5.41, 5.74) is -1.58. The van der Waals surface area contributed by atoms with E-state index in [9.17, 15) is 27.6 Å². The van der Waals surface area contributed by atoms with Gasteiger partial charge in [0.1, 0.15) is 5.56 Å². The summed E-state index contributed by atoms with van der Waals surface area (Å²) in [5, 5.41) is 0. The van der Waals surface area contributed by atoms with Crippen molar-refractivity contribution in [3.05, 3.63) is 63.1 Å². The van der Waals surface area contributed by atoms with Crippen LogP contribution in [0.5, 0.6) is 0 Å². The number of nitrogens with zero attached hydrogens (tertiary/aromatic N) is 1. The number of alkyl halides is 3. The third-order valence-corrected chi connectivity index (χ3v) is 3.77. The minimum atomic E-state index is -4.52. The Balaban J connectivity index is 2.73. The molecule has 0 N–H and O–H groups in total. The van der Waals surface area contributed by atoms with Crippen molar-refractivity contribution in [2.75, 3.05) is 6.61 Å². The standard InChI is InChI=1S/C18H16F3NO4/c1-4-26-17(25)15-9-14(11(3)23)10(2)22(16(15)24)13-7-5-12(6-8-13)18(19,20)21/h5-9H,4H2,1-3H3. The monoisotopic (exact) mass is 367 g/mol. The van der Waals surface area contributed by atoms with Crippen LogP contribution in [0.15, 0.2) is 35.1 Å². The van der Waals surface area contributed by atoms with Crippen LogP contribution in [0.3, 0.4) is 0 Å². The van der Waals surface area contributed by atoms with E-state index in [1.165, 1.54) is 13.8 Å². The number of hydrogen-bond donors (Lipinski definition) is 0. The molecule has 0 saturated heterocycles. The van der Waals surface area contributed by atoms with E-state index in [4.69, 9.17) is 4.74 Å². The molecule has 26 heavy (non-hydrogen) atoms. The van der Waals surface area contributed by atoms with Gasteiger partial charge in [-0.1, -0.05) is 0 Å². The van der Waals surface area contributed by atoms with E-state index in [1.807, 2.05) is 0 Å². The average Bonchev–Trinajstić information content (AvgIpc) is 2.54. The van der Waals surface area contributed by atoms with E-state index in [0.29, 0.717) is 0 Å². The van der Waals surface area contributed by atoms with Crippen molar-refractivity contribution in [2.45, 2.75) is 26.9 Å². The van der Waals surface area contributed by atoms with Crippen LogP contribution in [0.25, 0.3) is 5.69 Å². The molecule has 0 fully saturated rings. The molecular weight excluding hydrogens is 351 g/mol. The molecule has 0 aliphatic carbocycles. The zero-order chi connectivity index (χ0) is 19.6. The predicted octanol–water partition coefficient (Wildman–Crippen LogP) is 3.54. The first-order chi connectivity index (χ1) is 12.1. The number of ketones is 1. The maximum absolute atomic E-state index is 12.7. The van der Waals surface area contributed by atoms with Crippen molar-refractivity contribution < 1.29 is 27.5 Å². The van der Waals surface area contributed by atoms with E-state index >= 15 is 0 Å². The van der Waals surface area contributed by atoms with Crippen LogP contribution in [-0.2, 0) is 10.9 Å². The van der Waals surface area contributed by atoms with Crippen LogP contribution in [0.4, 0.5) is 13.2 Å². The van der Waals surface area contributed by atoms with Crippen molar-refractivity contribution >= 4 is 11.8 Å². The van der Waals surface area contributed by atoms with Crippen LogP contribution in [0.1, 0.15) is 45.8 Å². The molecule has 0 amide bonds. The molecule has 8 heteroatoms. The number of esters is 1. The van der Waals surface area contributed by atoms with Gasteiger partial charge in [0.05, 0.1) is 12.2 Å². The van der Waals surface area contributed by atoms with Gasteiger partial charge in [0.2, 0.25) is 0 Å². The topological polar surface area (TPSA) is 65.4 Å². The summed E-state index contributed by atoms with van der Waals surface area (Å²) in [7, 11) is 0. The third-order valence-electron chi connectivity index (χ3n) is 3.77. The van der Waals surface area contributed by atoms with Gasteiger partial charge in [-0.3, -0.25) is 14.2 Å². The molecule has 0 bridgehead atoms. The van der Waals surface area contributed by atoms with Gasteiger partial charge in [0.25, 0.3) is 5.56 Å². The highest BCUT2D eigenvalue weighted by molar-refractivity contribution is 5.98. The second-order valence-electron chi connectivity index (χ2n) is 5.52. The van der Waals surface area contributed by atoms with Gasteiger partial charge in [-0.25, -0.2) is 4.79 Å². The Bertz CT molecular complexity index is 912. The number of pyridine rings is 1. The summed E-state index contributed by atoms with van der Waals surface area (Å²) in [4.78, 5) is 36.6. The zero-order valence-electron chi connectivity index (χ0n) is 14.3. The van der Waals surface area contributed by atoms with E-state index in [-0.39, 0.29) is 29.1 Å². The van der Waals surface area contributed by atoms with Crippen LogP contribution in [-0.4, -0.2) is 22.9 Å². The van der Waals surface area contributed by atoms with Gasteiger partial charge in [0, 0.05) is 16.9 Å². The molecule has 0 unspecified atom stereocenters. The van der Waals surface area contributed by atoms with Crippen LogP contribution < -0.4 is 5.56 Å². The number of halogens is 3. The zero-order valence-corrected chi connectivity index (χ0v) is 14.3. The lowest BCUT2D eigenvalue weighted by atomic mass is 10.1. The van der Waals surface area contributed by atoms with Gasteiger partial charge in [-0.05, 0) is 51.1 Å². The lowest BCUT2D eigenvalue weighted by Crippen LogP contribution is -2.29. The molecule has 1 heterocycles. The van der Waals surface area contributed by atoms with Crippen molar-refractivity contribution in [2.24, 2.45) is 0 Å². The maximum Gasteiger partial charge on any atom is 0.416 e. The highest BCUT2D eigenvalue weighted by Gasteiger charge is 2.30. The quantitative estimate of drug-likeness (QED) is 0.612. The smallest absolute Gasteiger partial charge is 0.416 e. The Morgan fingerprint density at radius 2 is 1.69 bits per heavy atom. The van der Waals surface area contributed by atoms with Gasteiger partial charge in [-0.15, -0.1) is 0 Å². The molecule has 5 nitrogen and oxygen atoms in total. The second kappa shape index (κ2) is 7.15. The molecule has 0 saturated carbocycles. The molecule has 2 rings (SSSR count). The largest absolute Gasteiger partial charge is 0.462 e. The summed E-state index contributed by atoms with van der Waals surface area (Å²) >= 11 is 0. The Labute approximate surface area is 147 Å². The third kappa shape index (κ3) is 3.68. The van der Waals surface area contributed by atoms with E-state index in [2.05, 4.69) is 0 Å². The summed E-state index contributed by atoms with van der Waals surface area (Å²) in [6, 6.07) is 5.02. The first-order valence-corrected chi connectivity index (χ1v) is 7.70. The minimum Gasteiger partial charge on any atom is -0.462 e. The molecule has 0 radical (unpaired) electrons. The molecule has 0 spiro atoms. The SMILES string of the molecule is CCOC(=O)c1cc(C(C)=O)c(C)n(-c2ccc(C(F)(F)F)cc2)c1=O. The number of rotatable bonds is 4. The fraction of sp³-hybridized carbons (Fsp3) is 0.278. The molecule has 2 aromatic rings. The van der Waals surface area contributed by atoms with Gasteiger partial charge < -0.3 is 4.74 Å². The molecular formula is C18H16F3NO4. The summed E-state index contributed by atoms with van der Waals surface area (Å²) in [6.07, 6.45) is -4.52. The molecule has 1 aromatic heterocycles. The number of carbonyl (C=O) groups excluding carboxylic acids is 2. The normalized spacial score (nSPS) is 11.3. The van der Waals surface area contributed by atoms with Crippen LogP contribution in [0.2, 0.25) is 0 Å². The highest BCUT2D eigenvalue weighted by atomic mass is 19.4. The molecule has 0 aliphatic heterocycles. The molecule has 0 atom stereocenters. The lowest BCUT2D eigenvalue weighted by molar-refractivity contribution is -0.137. The number of hydrogen-bond acceptors (Lipinski definition) is 4. The second-order valence-corrected chi connectivity index (χ2v) is 5.52. The number of aromatic nitrogens is 1. The van der Waals surface area contributed by atoms with Crippen molar-refractivity contribution in [3.8, 4) is 5.69 Å². The Hall–Kier alpha value is -2.90. The number of carbonyl (C=O) groups is 2. The molecule has 0 aliphatic rings. The summed E-state index contributed by atoms with van der Waals surface area (Å²) < 4.78 is 44.0. The number of benzene rings is 1. The van der Waals surface area contributed by atoms with E-state index in [0.717, 1.165) is 34.9 Å². The van der Waals surface area contributed by atoms with E-state index < -0.39 is 29.1 Å². The lowest BCUT2D eigenvalue weighted by Gasteiger charge is -2.16. The molecule has 1 aromatic carbocycles. The summed E-state index contributed by atoms with van der Waals surface area (Å²) in [5.74, 6) is -1.30. The minimum absolute atomic E-state index is 0.0296. The Morgan fingerprint density at radius 1 is 1.12 bits per heavy atom. The van der Waals surface area contributed by atoms with Gasteiger partial charge >= 0.3 is 12.1 Å². The highest BCUT2D eigenvalue weighted by Crippen LogP contribution is 2.29. The van der Waals surface area contributed by atoms with Crippen LogP contribution in [0, 0.1) is 6.92 Å². The Morgan fingerprint density at radius 3 is 2.15 bits per heavy atom. The van der Waals surface area contributed by atoms with Crippen molar-refractivity contribution in [1.29, 1.82) is 0 Å². The van der Waals surface area contributed by atoms with Gasteiger partial charge in [-0.2, -0.15) is 13.2 Å². The summed E-state index contributed by atoms with van der Waals surface area (Å²) in [6.45, 7) is 4.33. The fourth-order valence-corrected chi connectivity index (χ4v) is 2.53. The van der Waals surface area contributed by atoms with Crippen LogP contribution >= 0.6 is 0 Å². The van der Waals surface area contributed by atoms with Gasteiger partial charge in [0.15, 0.2) is 5.78 Å². The van der Waals surface area contributed by atoms with E-state index in [1.54, 1.807) is 6.92 Å². The van der Waals surface area contributed by atoms with Crippen molar-refractivity contribution in [3.63, 3.8) is 0 Å².